The Labute approximate surface area is 190 Å². The molecule has 1 aromatic heterocycles. The Hall–Kier alpha value is -3.48. The van der Waals surface area contributed by atoms with Gasteiger partial charge in [-0.25, -0.2) is 4.99 Å². The monoisotopic (exact) mass is 435 g/mol. The summed E-state index contributed by atoms with van der Waals surface area (Å²) in [5.74, 6) is 2.46. The third-order valence-corrected chi connectivity index (χ3v) is 4.79. The highest BCUT2D eigenvalue weighted by molar-refractivity contribution is 5.93. The number of ether oxygens (including phenoxy) is 2. The smallest absolute Gasteiger partial charge is 0.196 e. The van der Waals surface area contributed by atoms with Crippen LogP contribution in [-0.2, 0) is 20.0 Å². The van der Waals surface area contributed by atoms with Gasteiger partial charge in [-0.2, -0.15) is 5.10 Å². The number of rotatable bonds is 9. The van der Waals surface area contributed by atoms with Crippen LogP contribution in [0.25, 0.3) is 0 Å². The van der Waals surface area contributed by atoms with E-state index in [0.29, 0.717) is 19.0 Å². The molecule has 0 radical (unpaired) electrons. The molecular formula is C25H33N5O2. The number of hydrogen-bond donors (Lipinski definition) is 2. The van der Waals surface area contributed by atoms with E-state index in [-0.39, 0.29) is 6.10 Å². The molecule has 2 aromatic carbocycles. The van der Waals surface area contributed by atoms with E-state index >= 15 is 0 Å². The molecular weight excluding hydrogens is 402 g/mol. The van der Waals surface area contributed by atoms with Crippen LogP contribution in [0.1, 0.15) is 30.5 Å². The second-order valence-electron chi connectivity index (χ2n) is 8.00. The first-order chi connectivity index (χ1) is 15.4. The highest BCUT2D eigenvalue weighted by Gasteiger charge is 2.06. The van der Waals surface area contributed by atoms with Crippen molar-refractivity contribution in [2.45, 2.75) is 39.8 Å². The maximum Gasteiger partial charge on any atom is 0.196 e. The van der Waals surface area contributed by atoms with Crippen LogP contribution < -0.4 is 20.1 Å². The zero-order valence-electron chi connectivity index (χ0n) is 19.6. The zero-order valence-corrected chi connectivity index (χ0v) is 19.6. The number of nitrogens with zero attached hydrogens (tertiary/aromatic N) is 3. The predicted molar refractivity (Wildman–Crippen MR) is 130 cm³/mol. The van der Waals surface area contributed by atoms with E-state index in [4.69, 9.17) is 14.5 Å². The summed E-state index contributed by atoms with van der Waals surface area (Å²) in [7, 11) is 3.61. The van der Waals surface area contributed by atoms with E-state index in [2.05, 4.69) is 34.8 Å². The number of aromatic nitrogens is 2. The Morgan fingerprint density at radius 2 is 1.94 bits per heavy atom. The van der Waals surface area contributed by atoms with Crippen molar-refractivity contribution < 1.29 is 9.47 Å². The van der Waals surface area contributed by atoms with Gasteiger partial charge >= 0.3 is 0 Å². The molecule has 0 saturated carbocycles. The van der Waals surface area contributed by atoms with Gasteiger partial charge in [-0.3, -0.25) is 4.68 Å². The second-order valence-corrected chi connectivity index (χ2v) is 8.00. The van der Waals surface area contributed by atoms with Crippen LogP contribution in [0, 0.1) is 6.92 Å². The van der Waals surface area contributed by atoms with Gasteiger partial charge in [0.1, 0.15) is 11.5 Å². The second kappa shape index (κ2) is 11.2. The Balaban J connectivity index is 1.68. The van der Waals surface area contributed by atoms with Crippen molar-refractivity contribution in [3.05, 3.63) is 71.5 Å². The van der Waals surface area contributed by atoms with Crippen LogP contribution in [0.3, 0.4) is 0 Å². The summed E-state index contributed by atoms with van der Waals surface area (Å²) in [5.41, 5.74) is 4.37. The first-order valence-electron chi connectivity index (χ1n) is 10.9. The number of anilines is 1. The minimum Gasteiger partial charge on any atom is -0.496 e. The molecule has 1 heterocycles. The fourth-order valence-corrected chi connectivity index (χ4v) is 3.31. The van der Waals surface area contributed by atoms with Gasteiger partial charge in [-0.1, -0.05) is 17.7 Å². The fourth-order valence-electron chi connectivity index (χ4n) is 3.31. The molecule has 2 N–H and O–H groups in total. The minimum atomic E-state index is 0.144. The topological polar surface area (TPSA) is 72.7 Å². The average Bonchev–Trinajstić information content (AvgIpc) is 3.18. The predicted octanol–water partition coefficient (Wildman–Crippen LogP) is 4.32. The fraction of sp³-hybridized carbons (Fsp3) is 0.360. The number of hydrogen-bond acceptors (Lipinski definition) is 4. The molecule has 0 amide bonds. The average molecular weight is 436 g/mol. The molecule has 0 aliphatic heterocycles. The highest BCUT2D eigenvalue weighted by Crippen LogP contribution is 2.20. The van der Waals surface area contributed by atoms with Gasteiger partial charge in [-0.05, 0) is 63.1 Å². The first kappa shape index (κ1) is 23.2. The lowest BCUT2D eigenvalue weighted by molar-refractivity contribution is 0.242. The lowest BCUT2D eigenvalue weighted by atomic mass is 10.1. The third-order valence-electron chi connectivity index (χ3n) is 4.79. The molecule has 0 saturated heterocycles. The summed E-state index contributed by atoms with van der Waals surface area (Å²) >= 11 is 0. The van der Waals surface area contributed by atoms with Crippen molar-refractivity contribution in [3.8, 4) is 11.5 Å². The Bertz CT molecular complexity index is 1030. The van der Waals surface area contributed by atoms with Crippen LogP contribution in [0.15, 0.2) is 59.9 Å². The summed E-state index contributed by atoms with van der Waals surface area (Å²) in [4.78, 5) is 4.74. The molecule has 32 heavy (non-hydrogen) atoms. The quantitative estimate of drug-likeness (QED) is 0.387. The summed E-state index contributed by atoms with van der Waals surface area (Å²) in [6.07, 6.45) is 4.76. The Morgan fingerprint density at radius 3 is 2.59 bits per heavy atom. The van der Waals surface area contributed by atoms with E-state index in [0.717, 1.165) is 29.2 Å². The molecule has 7 heteroatoms. The molecule has 0 aliphatic carbocycles. The van der Waals surface area contributed by atoms with Gasteiger partial charge in [0, 0.05) is 31.0 Å². The molecule has 0 aliphatic rings. The van der Waals surface area contributed by atoms with E-state index in [1.807, 2.05) is 63.6 Å². The van der Waals surface area contributed by atoms with Gasteiger partial charge < -0.3 is 20.1 Å². The first-order valence-corrected chi connectivity index (χ1v) is 10.9. The van der Waals surface area contributed by atoms with Crippen LogP contribution in [0.4, 0.5) is 5.69 Å². The van der Waals surface area contributed by atoms with Crippen molar-refractivity contribution in [2.75, 3.05) is 19.0 Å². The molecule has 7 nitrogen and oxygen atoms in total. The molecule has 170 valence electrons. The molecule has 3 aromatic rings. The van der Waals surface area contributed by atoms with Gasteiger partial charge in [0.05, 0.1) is 26.0 Å². The summed E-state index contributed by atoms with van der Waals surface area (Å²) in [5, 5.41) is 11.0. The molecule has 0 bridgehead atoms. The van der Waals surface area contributed by atoms with E-state index < -0.39 is 0 Å². The maximum absolute atomic E-state index is 5.73. The number of benzene rings is 2. The lowest BCUT2D eigenvalue weighted by Gasteiger charge is -2.15. The van der Waals surface area contributed by atoms with Crippen molar-refractivity contribution in [3.63, 3.8) is 0 Å². The SMILES string of the molecule is COc1ccc(C)cc1CCNC(=NCc1cnn(C)c1)Nc1ccc(OC(C)C)cc1. The van der Waals surface area contributed by atoms with Crippen LogP contribution in [0.5, 0.6) is 11.5 Å². The van der Waals surface area contributed by atoms with Crippen molar-refractivity contribution >= 4 is 11.6 Å². The largest absolute Gasteiger partial charge is 0.496 e. The standard InChI is InChI=1S/C25H33N5O2/c1-18(2)32-23-9-7-22(8-10-23)29-25(27-15-20-16-28-30(4)17-20)26-13-12-21-14-19(3)6-11-24(21)31-5/h6-11,14,16-18H,12-13,15H2,1-5H3,(H2,26,27,29). The molecule has 0 spiro atoms. The van der Waals surface area contributed by atoms with Crippen LogP contribution in [-0.4, -0.2) is 35.5 Å². The van der Waals surface area contributed by atoms with Crippen molar-refractivity contribution in [1.82, 2.24) is 15.1 Å². The number of methoxy groups -OCH3 is 1. The van der Waals surface area contributed by atoms with Gasteiger partial charge in [0.25, 0.3) is 0 Å². The summed E-state index contributed by atoms with van der Waals surface area (Å²) < 4.78 is 13.0. The van der Waals surface area contributed by atoms with Crippen LogP contribution >= 0.6 is 0 Å². The Kier molecular flexibility index (Phi) is 8.14. The minimum absolute atomic E-state index is 0.144. The number of aryl methyl sites for hydroxylation is 2. The molecule has 0 fully saturated rings. The zero-order chi connectivity index (χ0) is 22.9. The number of nitrogens with one attached hydrogen (secondary N) is 2. The molecule has 0 unspecified atom stereocenters. The number of aliphatic imine (C=N–C) groups is 1. The van der Waals surface area contributed by atoms with Crippen LogP contribution in [0.2, 0.25) is 0 Å². The van der Waals surface area contributed by atoms with E-state index in [9.17, 15) is 0 Å². The van der Waals surface area contributed by atoms with E-state index in [1.54, 1.807) is 11.8 Å². The maximum atomic E-state index is 5.73. The van der Waals surface area contributed by atoms with Gasteiger partial charge in [0.15, 0.2) is 5.96 Å². The third kappa shape index (κ3) is 7.04. The van der Waals surface area contributed by atoms with E-state index in [1.165, 1.54) is 11.1 Å². The molecule has 3 rings (SSSR count). The lowest BCUT2D eigenvalue weighted by Crippen LogP contribution is -2.32. The summed E-state index contributed by atoms with van der Waals surface area (Å²) in [6.45, 7) is 7.37. The van der Waals surface area contributed by atoms with Crippen molar-refractivity contribution in [1.29, 1.82) is 0 Å². The van der Waals surface area contributed by atoms with Crippen molar-refractivity contribution in [2.24, 2.45) is 12.0 Å². The van der Waals surface area contributed by atoms with Gasteiger partial charge in [-0.15, -0.1) is 0 Å². The summed E-state index contributed by atoms with van der Waals surface area (Å²) in [6, 6.07) is 14.1. The normalized spacial score (nSPS) is 11.5. The molecule has 0 atom stereocenters. The highest BCUT2D eigenvalue weighted by atomic mass is 16.5. The number of guanidine groups is 1. The Morgan fingerprint density at radius 1 is 1.16 bits per heavy atom. The van der Waals surface area contributed by atoms with Gasteiger partial charge in [0.2, 0.25) is 0 Å².